The lowest BCUT2D eigenvalue weighted by atomic mass is 10.2. The quantitative estimate of drug-likeness (QED) is 0.639. The minimum Gasteiger partial charge on any atom is -0.493 e. The van der Waals surface area contributed by atoms with E-state index in [9.17, 15) is 9.59 Å². The van der Waals surface area contributed by atoms with Crippen molar-refractivity contribution in [2.75, 3.05) is 27.3 Å². The first-order valence-corrected chi connectivity index (χ1v) is 9.09. The number of nitrogens with one attached hydrogen (secondary N) is 2. The van der Waals surface area contributed by atoms with Gasteiger partial charge in [-0.1, -0.05) is 5.92 Å². The van der Waals surface area contributed by atoms with Crippen LogP contribution in [0.15, 0.2) is 23.6 Å². The molecule has 2 N–H and O–H groups in total. The lowest BCUT2D eigenvalue weighted by Crippen LogP contribution is -2.31. The fourth-order valence-corrected chi connectivity index (χ4v) is 3.09. The maximum Gasteiger partial charge on any atom is 0.226 e. The monoisotopic (exact) mass is 387 g/mol. The van der Waals surface area contributed by atoms with Gasteiger partial charge in [0.25, 0.3) is 0 Å². The molecular weight excluding hydrogens is 366 g/mol. The van der Waals surface area contributed by atoms with Crippen molar-refractivity contribution in [2.24, 2.45) is 0 Å². The maximum atomic E-state index is 12.0. The van der Waals surface area contributed by atoms with Crippen molar-refractivity contribution in [3.63, 3.8) is 0 Å². The Hall–Kier alpha value is -3.05. The Bertz CT molecular complexity index is 842. The Morgan fingerprint density at radius 2 is 1.96 bits per heavy atom. The van der Waals surface area contributed by atoms with Crippen LogP contribution in [0.25, 0.3) is 10.6 Å². The zero-order valence-electron chi connectivity index (χ0n) is 15.2. The molecule has 0 saturated carbocycles. The number of ether oxygens (including phenoxy) is 2. The van der Waals surface area contributed by atoms with E-state index in [2.05, 4.69) is 21.5 Å². The molecule has 0 atom stereocenters. The number of carbonyl (C=O) groups is 2. The van der Waals surface area contributed by atoms with Crippen LogP contribution < -0.4 is 20.1 Å². The number of carbonyl (C=O) groups excluding carboxylic acids is 2. The number of nitrogens with zero attached hydrogens (tertiary/aromatic N) is 1. The van der Waals surface area contributed by atoms with Crippen LogP contribution in [-0.2, 0) is 16.0 Å². The van der Waals surface area contributed by atoms with Crippen molar-refractivity contribution in [3.05, 3.63) is 29.3 Å². The molecule has 0 bridgehead atoms. The summed E-state index contributed by atoms with van der Waals surface area (Å²) in [6, 6.07) is 5.54. The molecule has 8 heteroatoms. The summed E-state index contributed by atoms with van der Waals surface area (Å²) in [6.45, 7) is 0.437. The molecule has 0 radical (unpaired) electrons. The third kappa shape index (κ3) is 6.01. The molecule has 2 aromatic rings. The van der Waals surface area contributed by atoms with Crippen molar-refractivity contribution in [1.82, 2.24) is 15.6 Å². The van der Waals surface area contributed by atoms with Crippen molar-refractivity contribution in [2.45, 2.75) is 12.8 Å². The van der Waals surface area contributed by atoms with Gasteiger partial charge in [-0.25, -0.2) is 4.98 Å². The summed E-state index contributed by atoms with van der Waals surface area (Å²) >= 11 is 1.44. The summed E-state index contributed by atoms with van der Waals surface area (Å²) in [5.41, 5.74) is 1.55. The zero-order valence-corrected chi connectivity index (χ0v) is 16.0. The van der Waals surface area contributed by atoms with E-state index in [-0.39, 0.29) is 37.7 Å². The Balaban J connectivity index is 1.89. The van der Waals surface area contributed by atoms with E-state index in [1.165, 1.54) is 11.3 Å². The zero-order chi connectivity index (χ0) is 19.6. The molecule has 0 unspecified atom stereocenters. The van der Waals surface area contributed by atoms with E-state index in [4.69, 9.17) is 15.9 Å². The highest BCUT2D eigenvalue weighted by Gasteiger charge is 2.12. The van der Waals surface area contributed by atoms with Crippen LogP contribution in [0.3, 0.4) is 0 Å². The summed E-state index contributed by atoms with van der Waals surface area (Å²) in [7, 11) is 3.16. The predicted molar refractivity (Wildman–Crippen MR) is 104 cm³/mol. The first kappa shape index (κ1) is 20.3. The van der Waals surface area contributed by atoms with Gasteiger partial charge in [0.15, 0.2) is 11.5 Å². The third-order valence-corrected chi connectivity index (χ3v) is 4.53. The average molecular weight is 387 g/mol. The van der Waals surface area contributed by atoms with E-state index in [0.717, 1.165) is 10.6 Å². The Morgan fingerprint density at radius 3 is 2.67 bits per heavy atom. The van der Waals surface area contributed by atoms with E-state index < -0.39 is 0 Å². The number of thiazole rings is 1. The van der Waals surface area contributed by atoms with Crippen LogP contribution in [0, 0.1) is 12.3 Å². The van der Waals surface area contributed by atoms with Crippen molar-refractivity contribution >= 4 is 23.2 Å². The van der Waals surface area contributed by atoms with Crippen LogP contribution in [0.5, 0.6) is 11.5 Å². The lowest BCUT2D eigenvalue weighted by molar-refractivity contribution is -0.121. The van der Waals surface area contributed by atoms with Gasteiger partial charge in [0.05, 0.1) is 32.9 Å². The molecule has 0 aliphatic heterocycles. The average Bonchev–Trinajstić information content (AvgIpc) is 3.14. The molecule has 142 valence electrons. The van der Waals surface area contributed by atoms with E-state index >= 15 is 0 Å². The molecule has 2 rings (SSSR count). The normalized spacial score (nSPS) is 9.96. The molecule has 0 aliphatic rings. The molecule has 0 spiro atoms. The van der Waals surface area contributed by atoms with Crippen molar-refractivity contribution in [3.8, 4) is 34.4 Å². The first-order valence-electron chi connectivity index (χ1n) is 8.21. The maximum absolute atomic E-state index is 12.0. The second-order valence-corrected chi connectivity index (χ2v) is 6.33. The smallest absolute Gasteiger partial charge is 0.226 e. The summed E-state index contributed by atoms with van der Waals surface area (Å²) in [5, 5.41) is 7.86. The van der Waals surface area contributed by atoms with Gasteiger partial charge in [-0.15, -0.1) is 17.8 Å². The number of terminal acetylenes is 1. The summed E-state index contributed by atoms with van der Waals surface area (Å²) < 4.78 is 10.5. The van der Waals surface area contributed by atoms with Crippen LogP contribution >= 0.6 is 11.3 Å². The van der Waals surface area contributed by atoms with Gasteiger partial charge >= 0.3 is 0 Å². The summed E-state index contributed by atoms with van der Waals surface area (Å²) in [6.07, 6.45) is 5.39. The Morgan fingerprint density at radius 1 is 1.19 bits per heavy atom. The molecule has 1 aromatic carbocycles. The first-order chi connectivity index (χ1) is 13.1. The fourth-order valence-electron chi connectivity index (χ4n) is 2.27. The Kier molecular flexibility index (Phi) is 7.64. The minimum absolute atomic E-state index is 0.149. The summed E-state index contributed by atoms with van der Waals surface area (Å²) in [4.78, 5) is 27.9. The lowest BCUT2D eigenvalue weighted by Gasteiger charge is -2.08. The topological polar surface area (TPSA) is 89.6 Å². The molecule has 1 aromatic heterocycles. The van der Waals surface area contributed by atoms with Crippen LogP contribution in [0.4, 0.5) is 0 Å². The van der Waals surface area contributed by atoms with E-state index in [0.29, 0.717) is 17.2 Å². The number of methoxy groups -OCH3 is 2. The highest BCUT2D eigenvalue weighted by atomic mass is 32.1. The molecule has 27 heavy (non-hydrogen) atoms. The minimum atomic E-state index is -0.197. The van der Waals surface area contributed by atoms with Crippen LogP contribution in [-0.4, -0.2) is 44.1 Å². The van der Waals surface area contributed by atoms with E-state index in [1.807, 2.05) is 23.6 Å². The largest absolute Gasteiger partial charge is 0.493 e. The van der Waals surface area contributed by atoms with Crippen LogP contribution in [0.1, 0.15) is 12.1 Å². The van der Waals surface area contributed by atoms with E-state index in [1.54, 1.807) is 14.2 Å². The molecular formula is C19H21N3O4S. The second-order valence-electron chi connectivity index (χ2n) is 5.47. The molecule has 1 heterocycles. The molecule has 0 saturated heterocycles. The number of aromatic nitrogens is 1. The van der Waals surface area contributed by atoms with Crippen molar-refractivity contribution in [1.29, 1.82) is 0 Å². The van der Waals surface area contributed by atoms with Gasteiger partial charge in [-0.3, -0.25) is 9.59 Å². The van der Waals surface area contributed by atoms with Gasteiger partial charge in [0.1, 0.15) is 5.01 Å². The number of hydrogen-bond acceptors (Lipinski definition) is 6. The molecule has 0 aliphatic carbocycles. The molecule has 2 amide bonds. The molecule has 7 nitrogen and oxygen atoms in total. The van der Waals surface area contributed by atoms with Crippen LogP contribution in [0.2, 0.25) is 0 Å². The third-order valence-electron chi connectivity index (χ3n) is 3.59. The van der Waals surface area contributed by atoms with Gasteiger partial charge in [0, 0.05) is 23.9 Å². The van der Waals surface area contributed by atoms with Gasteiger partial charge < -0.3 is 20.1 Å². The number of rotatable bonds is 9. The standard InChI is InChI=1S/C19H21N3O4S/c1-4-8-20-17(23)7-9-21-18(24)11-14-12-27-19(22-14)13-5-6-15(25-2)16(10-13)26-3/h1,5-6,10,12H,7-9,11H2,2-3H3,(H,20,23)(H,21,24). The highest BCUT2D eigenvalue weighted by Crippen LogP contribution is 2.33. The van der Waals surface area contributed by atoms with Crippen molar-refractivity contribution < 1.29 is 19.1 Å². The molecule has 0 fully saturated rings. The van der Waals surface area contributed by atoms with Gasteiger partial charge in [-0.05, 0) is 18.2 Å². The number of hydrogen-bond donors (Lipinski definition) is 2. The second kappa shape index (κ2) is 10.2. The SMILES string of the molecule is C#CCNC(=O)CCNC(=O)Cc1csc(-c2ccc(OC)c(OC)c2)n1. The number of benzene rings is 1. The van der Waals surface area contributed by atoms with Gasteiger partial charge in [-0.2, -0.15) is 0 Å². The fraction of sp³-hybridized carbons (Fsp3) is 0.316. The highest BCUT2D eigenvalue weighted by molar-refractivity contribution is 7.13. The summed E-state index contributed by atoms with van der Waals surface area (Å²) in [5.74, 6) is 3.19. The number of amides is 2. The Labute approximate surface area is 162 Å². The predicted octanol–water partition coefficient (Wildman–Crippen LogP) is 1.63. The van der Waals surface area contributed by atoms with Gasteiger partial charge in [0.2, 0.25) is 11.8 Å².